The predicted molar refractivity (Wildman–Crippen MR) is 159 cm³/mol. The van der Waals surface area contributed by atoms with Crippen molar-refractivity contribution in [1.29, 1.82) is 0 Å². The monoisotopic (exact) mass is 541 g/mol. The predicted octanol–water partition coefficient (Wildman–Crippen LogP) is 9.40. The number of esters is 1. The topological polar surface area (TPSA) is 55.8 Å². The summed E-state index contributed by atoms with van der Waals surface area (Å²) in [5, 5.41) is 0. The van der Waals surface area contributed by atoms with E-state index < -0.39 is 6.29 Å². The molecule has 0 spiro atoms. The lowest BCUT2D eigenvalue weighted by molar-refractivity contribution is -0.166. The average molecular weight is 542 g/mol. The molecule has 3 rings (SSSR count). The summed E-state index contributed by atoms with van der Waals surface area (Å²) in [5.74, 6) is 1.22. The molecule has 5 atom stereocenters. The van der Waals surface area contributed by atoms with E-state index in [0.29, 0.717) is 30.7 Å². The minimum atomic E-state index is -0.866. The molecule has 0 radical (unpaired) electrons. The van der Waals surface area contributed by atoms with Crippen molar-refractivity contribution in [3.63, 3.8) is 0 Å². The number of carbonyl (C=O) groups excluding carboxylic acids is 2. The van der Waals surface area contributed by atoms with Crippen LogP contribution in [0.15, 0.2) is 30.3 Å². The van der Waals surface area contributed by atoms with Gasteiger partial charge in [-0.3, -0.25) is 4.79 Å². The Labute approximate surface area is 238 Å². The second-order valence-electron chi connectivity index (χ2n) is 12.0. The van der Waals surface area contributed by atoms with Crippen molar-refractivity contribution in [2.75, 3.05) is 6.54 Å². The summed E-state index contributed by atoms with van der Waals surface area (Å²) in [6.07, 6.45) is 19.3. The zero-order valence-corrected chi connectivity index (χ0v) is 25.1. The highest BCUT2D eigenvalue weighted by molar-refractivity contribution is 5.71. The summed E-state index contributed by atoms with van der Waals surface area (Å²) in [7, 11) is 0. The van der Waals surface area contributed by atoms with Crippen LogP contribution < -0.4 is 0 Å². The van der Waals surface area contributed by atoms with E-state index in [-0.39, 0.29) is 18.1 Å². The van der Waals surface area contributed by atoms with Gasteiger partial charge in [-0.05, 0) is 50.0 Å². The van der Waals surface area contributed by atoms with Crippen LogP contribution in [-0.4, -0.2) is 35.8 Å². The zero-order chi connectivity index (χ0) is 27.9. The molecule has 2 fully saturated rings. The summed E-state index contributed by atoms with van der Waals surface area (Å²) in [6.45, 7) is 6.53. The first-order valence-electron chi connectivity index (χ1n) is 16.3. The van der Waals surface area contributed by atoms with Gasteiger partial charge in [0.1, 0.15) is 0 Å². The van der Waals surface area contributed by atoms with Gasteiger partial charge in [0.05, 0.1) is 0 Å². The highest BCUT2D eigenvalue weighted by Gasteiger charge is 2.51. The molecule has 220 valence electrons. The molecule has 39 heavy (non-hydrogen) atoms. The number of benzene rings is 1. The number of hydrogen-bond donors (Lipinski definition) is 0. The lowest BCUT2D eigenvalue weighted by Crippen LogP contribution is -2.47. The van der Waals surface area contributed by atoms with Crippen LogP contribution in [0.5, 0.6) is 0 Å². The summed E-state index contributed by atoms with van der Waals surface area (Å²) < 4.78 is 11.1. The van der Waals surface area contributed by atoms with Crippen LogP contribution in [0, 0.1) is 11.8 Å². The molecular formula is C34H55NO4. The Bertz CT molecular complexity index is 828. The summed E-state index contributed by atoms with van der Waals surface area (Å²) in [5.41, 5.74) is 1.32. The molecule has 0 saturated heterocycles. The maximum absolute atomic E-state index is 13.2. The van der Waals surface area contributed by atoms with Gasteiger partial charge in [0, 0.05) is 31.8 Å². The summed E-state index contributed by atoms with van der Waals surface area (Å²) >= 11 is 0. The molecule has 0 N–H and O–H groups in total. The fourth-order valence-electron chi connectivity index (χ4n) is 7.08. The second kappa shape index (κ2) is 17.6. The van der Waals surface area contributed by atoms with Gasteiger partial charge in [0.25, 0.3) is 0 Å². The van der Waals surface area contributed by atoms with Crippen LogP contribution in [-0.2, 0) is 14.3 Å². The van der Waals surface area contributed by atoms with Gasteiger partial charge >= 0.3 is 12.1 Å². The number of nitrogens with zero attached hydrogens (tertiary/aromatic N) is 1. The Morgan fingerprint density at radius 2 is 1.36 bits per heavy atom. The third kappa shape index (κ3) is 10.1. The molecule has 2 aliphatic carbocycles. The van der Waals surface area contributed by atoms with E-state index in [9.17, 15) is 9.59 Å². The quantitative estimate of drug-likeness (QED) is 0.0994. The molecule has 2 aliphatic rings. The van der Waals surface area contributed by atoms with Gasteiger partial charge in [-0.1, -0.05) is 114 Å². The molecule has 2 bridgehead atoms. The first kappa shape index (κ1) is 31.5. The van der Waals surface area contributed by atoms with E-state index in [1.165, 1.54) is 95.5 Å². The normalized spacial score (nSPS) is 22.5. The van der Waals surface area contributed by atoms with E-state index >= 15 is 0 Å². The fraction of sp³-hybridized carbons (Fsp3) is 0.765. The van der Waals surface area contributed by atoms with E-state index in [4.69, 9.17) is 9.47 Å². The molecule has 1 aromatic carbocycles. The van der Waals surface area contributed by atoms with Crippen LogP contribution in [0.4, 0.5) is 4.79 Å². The molecule has 0 aliphatic heterocycles. The van der Waals surface area contributed by atoms with Gasteiger partial charge < -0.3 is 14.4 Å². The van der Waals surface area contributed by atoms with E-state index in [0.717, 1.165) is 12.8 Å². The zero-order valence-electron chi connectivity index (χ0n) is 25.1. The third-order valence-electron chi connectivity index (χ3n) is 9.04. The first-order chi connectivity index (χ1) is 19.0. The number of carbonyl (C=O) groups is 2. The Morgan fingerprint density at radius 1 is 0.795 bits per heavy atom. The van der Waals surface area contributed by atoms with Gasteiger partial charge in [-0.15, -0.1) is 0 Å². The highest BCUT2D eigenvalue weighted by atomic mass is 16.7. The first-order valence-corrected chi connectivity index (χ1v) is 16.3. The van der Waals surface area contributed by atoms with Crippen molar-refractivity contribution in [2.45, 2.75) is 148 Å². The van der Waals surface area contributed by atoms with Crippen LogP contribution >= 0.6 is 0 Å². The average Bonchev–Trinajstić information content (AvgIpc) is 3.54. The molecule has 5 unspecified atom stereocenters. The van der Waals surface area contributed by atoms with Crippen molar-refractivity contribution in [2.24, 2.45) is 11.8 Å². The van der Waals surface area contributed by atoms with Crippen LogP contribution in [0.2, 0.25) is 0 Å². The van der Waals surface area contributed by atoms with Crippen molar-refractivity contribution in [3.8, 4) is 0 Å². The number of amides is 1. The maximum atomic E-state index is 13.2. The second-order valence-corrected chi connectivity index (χ2v) is 12.0. The summed E-state index contributed by atoms with van der Waals surface area (Å²) in [6, 6.07) is 10.8. The number of unbranched alkanes of at least 4 members (excludes halogenated alkanes) is 12. The van der Waals surface area contributed by atoms with Crippen molar-refractivity contribution in [3.05, 3.63) is 35.9 Å². The molecule has 5 heteroatoms. The standard InChI is InChI=1S/C34H55NO4/c1-4-6-7-8-9-10-11-12-13-14-15-16-20-23-31(36)38-27(3)39-34(37)35(5-2)33-30-25-24-29(26-30)32(33)28-21-18-17-19-22-28/h17-19,21-22,27,29-30,32-33H,4-16,20,23-26H2,1-3H3. The SMILES string of the molecule is CCCCCCCCCCCCCCCC(=O)OC(C)OC(=O)N(CC)C1C2CCC(C2)C1c1ccccc1. The third-order valence-corrected chi connectivity index (χ3v) is 9.04. The maximum Gasteiger partial charge on any atom is 0.413 e. The Kier molecular flexibility index (Phi) is 14.2. The van der Waals surface area contributed by atoms with E-state index in [1.54, 1.807) is 6.92 Å². The molecule has 1 aromatic rings. The number of ether oxygens (including phenoxy) is 2. The smallest absolute Gasteiger partial charge is 0.413 e. The van der Waals surface area contributed by atoms with Crippen molar-refractivity contribution in [1.82, 2.24) is 4.90 Å². The van der Waals surface area contributed by atoms with Crippen molar-refractivity contribution >= 4 is 12.1 Å². The molecule has 0 aromatic heterocycles. The Morgan fingerprint density at radius 3 is 1.95 bits per heavy atom. The Balaban J connectivity index is 1.29. The summed E-state index contributed by atoms with van der Waals surface area (Å²) in [4.78, 5) is 27.4. The lowest BCUT2D eigenvalue weighted by atomic mass is 9.79. The van der Waals surface area contributed by atoms with Crippen molar-refractivity contribution < 1.29 is 19.1 Å². The van der Waals surface area contributed by atoms with Crippen LogP contribution in [0.25, 0.3) is 0 Å². The largest absolute Gasteiger partial charge is 0.425 e. The number of fused-ring (bicyclic) bond motifs is 2. The van der Waals surface area contributed by atoms with E-state index in [1.807, 2.05) is 17.9 Å². The molecule has 5 nitrogen and oxygen atoms in total. The lowest BCUT2D eigenvalue weighted by Gasteiger charge is -2.39. The van der Waals surface area contributed by atoms with E-state index in [2.05, 4.69) is 31.2 Å². The number of rotatable bonds is 19. The number of hydrogen-bond acceptors (Lipinski definition) is 4. The molecule has 1 amide bonds. The minimum Gasteiger partial charge on any atom is -0.425 e. The van der Waals surface area contributed by atoms with Gasteiger partial charge in [-0.25, -0.2) is 4.79 Å². The minimum absolute atomic E-state index is 0.150. The van der Waals surface area contributed by atoms with Crippen LogP contribution in [0.1, 0.15) is 141 Å². The van der Waals surface area contributed by atoms with Gasteiger partial charge in [0.2, 0.25) is 6.29 Å². The fourth-order valence-corrected chi connectivity index (χ4v) is 7.08. The highest BCUT2D eigenvalue weighted by Crippen LogP contribution is 2.55. The molecule has 0 heterocycles. The van der Waals surface area contributed by atoms with Gasteiger partial charge in [-0.2, -0.15) is 0 Å². The number of likely N-dealkylation sites (N-methyl/N-ethyl adjacent to an activating group) is 1. The molecule has 2 saturated carbocycles. The Hall–Kier alpha value is -2.04. The van der Waals surface area contributed by atoms with Gasteiger partial charge in [0.15, 0.2) is 0 Å². The van der Waals surface area contributed by atoms with Crippen LogP contribution in [0.3, 0.4) is 0 Å². The molecular weight excluding hydrogens is 486 g/mol.